The predicted molar refractivity (Wildman–Crippen MR) is 78.8 cm³/mol. The first kappa shape index (κ1) is 12.7. The van der Waals surface area contributed by atoms with Crippen LogP contribution in [0.5, 0.6) is 0 Å². The van der Waals surface area contributed by atoms with E-state index in [-0.39, 0.29) is 5.97 Å². The molecule has 3 aromatic rings. The van der Waals surface area contributed by atoms with Gasteiger partial charge in [0.25, 0.3) is 0 Å². The number of carbonyl (C=O) groups is 1. The summed E-state index contributed by atoms with van der Waals surface area (Å²) < 4.78 is 6.03. The number of benzene rings is 1. The van der Waals surface area contributed by atoms with E-state index >= 15 is 0 Å². The highest BCUT2D eigenvalue weighted by Crippen LogP contribution is 2.30. The molecule has 100 valence electrons. The first-order valence-electron chi connectivity index (χ1n) is 6.26. The highest BCUT2D eigenvalue weighted by atomic mass is 32.1. The standard InChI is InChI=1S/C15H12N2O2S/c1-2-19-15(18)10-5-6-13-12(8-10)17-14(20-13)11-4-3-7-16-9-11/h3-9H,2H2,1H3. The van der Waals surface area contributed by atoms with Crippen molar-refractivity contribution in [2.24, 2.45) is 0 Å². The van der Waals surface area contributed by atoms with Gasteiger partial charge in [-0.05, 0) is 37.3 Å². The summed E-state index contributed by atoms with van der Waals surface area (Å²) in [7, 11) is 0. The van der Waals surface area contributed by atoms with Crippen molar-refractivity contribution in [2.75, 3.05) is 6.61 Å². The Morgan fingerprint density at radius 2 is 2.25 bits per heavy atom. The molecule has 5 heteroatoms. The molecule has 0 aliphatic rings. The van der Waals surface area contributed by atoms with Gasteiger partial charge >= 0.3 is 5.97 Å². The quantitative estimate of drug-likeness (QED) is 0.690. The van der Waals surface area contributed by atoms with Crippen LogP contribution in [0.4, 0.5) is 0 Å². The van der Waals surface area contributed by atoms with Crippen LogP contribution < -0.4 is 0 Å². The Morgan fingerprint density at radius 3 is 3.00 bits per heavy atom. The van der Waals surface area contributed by atoms with Gasteiger partial charge in [-0.15, -0.1) is 11.3 Å². The molecule has 20 heavy (non-hydrogen) atoms. The summed E-state index contributed by atoms with van der Waals surface area (Å²) in [6.45, 7) is 2.16. The van der Waals surface area contributed by atoms with Crippen LogP contribution in [0.1, 0.15) is 17.3 Å². The molecule has 0 atom stereocenters. The summed E-state index contributed by atoms with van der Waals surface area (Å²) in [5, 5.41) is 0.897. The second kappa shape index (κ2) is 5.38. The lowest BCUT2D eigenvalue weighted by molar-refractivity contribution is 0.0526. The van der Waals surface area contributed by atoms with Gasteiger partial charge in [0.05, 0.1) is 22.4 Å². The van der Waals surface area contributed by atoms with Crippen LogP contribution in [0.3, 0.4) is 0 Å². The van der Waals surface area contributed by atoms with E-state index in [2.05, 4.69) is 9.97 Å². The molecule has 2 heterocycles. The Bertz CT molecular complexity index is 753. The number of nitrogens with zero attached hydrogens (tertiary/aromatic N) is 2. The van der Waals surface area contributed by atoms with Gasteiger partial charge in [0.15, 0.2) is 0 Å². The number of fused-ring (bicyclic) bond motifs is 1. The SMILES string of the molecule is CCOC(=O)c1ccc2sc(-c3cccnc3)nc2c1. The lowest BCUT2D eigenvalue weighted by atomic mass is 10.2. The van der Waals surface area contributed by atoms with Crippen molar-refractivity contribution in [1.29, 1.82) is 0 Å². The second-order valence-electron chi connectivity index (χ2n) is 4.16. The molecule has 1 aromatic carbocycles. The Morgan fingerprint density at radius 1 is 1.35 bits per heavy atom. The van der Waals surface area contributed by atoms with Gasteiger partial charge in [0.2, 0.25) is 0 Å². The van der Waals surface area contributed by atoms with Gasteiger partial charge in [-0.3, -0.25) is 4.98 Å². The van der Waals surface area contributed by atoms with Crippen LogP contribution in [0.2, 0.25) is 0 Å². The van der Waals surface area contributed by atoms with Crippen molar-refractivity contribution in [3.05, 3.63) is 48.3 Å². The zero-order valence-electron chi connectivity index (χ0n) is 10.9. The summed E-state index contributed by atoms with van der Waals surface area (Å²) in [4.78, 5) is 20.4. The Hall–Kier alpha value is -2.27. The number of aromatic nitrogens is 2. The minimum atomic E-state index is -0.315. The molecule has 0 radical (unpaired) electrons. The molecule has 0 unspecified atom stereocenters. The Kier molecular flexibility index (Phi) is 3.43. The van der Waals surface area contributed by atoms with Gasteiger partial charge in [0.1, 0.15) is 5.01 Å². The summed E-state index contributed by atoms with van der Waals surface area (Å²) in [5.74, 6) is -0.315. The highest BCUT2D eigenvalue weighted by molar-refractivity contribution is 7.21. The molecule has 0 amide bonds. The average molecular weight is 284 g/mol. The molecule has 0 aliphatic heterocycles. The molecule has 0 saturated carbocycles. The fourth-order valence-corrected chi connectivity index (χ4v) is 2.82. The third kappa shape index (κ3) is 2.40. The van der Waals surface area contributed by atoms with Gasteiger partial charge < -0.3 is 4.74 Å². The van der Waals surface area contributed by atoms with E-state index in [0.717, 1.165) is 20.8 Å². The monoisotopic (exact) mass is 284 g/mol. The lowest BCUT2D eigenvalue weighted by Gasteiger charge is -2.00. The van der Waals surface area contributed by atoms with E-state index in [4.69, 9.17) is 4.74 Å². The summed E-state index contributed by atoms with van der Waals surface area (Å²) in [6, 6.07) is 9.29. The van der Waals surface area contributed by atoms with Crippen molar-refractivity contribution in [1.82, 2.24) is 9.97 Å². The highest BCUT2D eigenvalue weighted by Gasteiger charge is 2.11. The molecule has 0 spiro atoms. The first-order valence-corrected chi connectivity index (χ1v) is 7.07. The van der Waals surface area contributed by atoms with Crippen LogP contribution in [-0.4, -0.2) is 22.5 Å². The van der Waals surface area contributed by atoms with E-state index in [1.807, 2.05) is 18.2 Å². The van der Waals surface area contributed by atoms with Crippen LogP contribution in [0.25, 0.3) is 20.8 Å². The Labute approximate surface area is 120 Å². The summed E-state index contributed by atoms with van der Waals surface area (Å²) >= 11 is 1.58. The molecule has 3 rings (SSSR count). The van der Waals surface area contributed by atoms with Crippen molar-refractivity contribution in [3.8, 4) is 10.6 Å². The molecular formula is C15H12N2O2S. The van der Waals surface area contributed by atoms with Crippen LogP contribution in [0, 0.1) is 0 Å². The Balaban J connectivity index is 2.02. The number of rotatable bonds is 3. The summed E-state index contributed by atoms with van der Waals surface area (Å²) in [6.07, 6.45) is 3.51. The molecule has 2 aromatic heterocycles. The molecule has 0 N–H and O–H groups in total. The minimum Gasteiger partial charge on any atom is -0.462 e. The maximum absolute atomic E-state index is 11.7. The van der Waals surface area contributed by atoms with Crippen molar-refractivity contribution >= 4 is 27.5 Å². The molecule has 0 fully saturated rings. The molecule has 0 bridgehead atoms. The van der Waals surface area contributed by atoms with E-state index in [1.165, 1.54) is 0 Å². The number of ether oxygens (including phenoxy) is 1. The largest absolute Gasteiger partial charge is 0.462 e. The predicted octanol–water partition coefficient (Wildman–Crippen LogP) is 3.54. The van der Waals surface area contributed by atoms with E-state index in [1.54, 1.807) is 42.8 Å². The lowest BCUT2D eigenvalue weighted by Crippen LogP contribution is -2.03. The van der Waals surface area contributed by atoms with Gasteiger partial charge in [-0.2, -0.15) is 0 Å². The van der Waals surface area contributed by atoms with Gasteiger partial charge in [0, 0.05) is 18.0 Å². The van der Waals surface area contributed by atoms with Crippen LogP contribution >= 0.6 is 11.3 Å². The van der Waals surface area contributed by atoms with Gasteiger partial charge in [-0.1, -0.05) is 0 Å². The molecular weight excluding hydrogens is 272 g/mol. The minimum absolute atomic E-state index is 0.315. The maximum Gasteiger partial charge on any atom is 0.338 e. The van der Waals surface area contributed by atoms with Crippen LogP contribution in [0.15, 0.2) is 42.7 Å². The molecule has 0 saturated heterocycles. The topological polar surface area (TPSA) is 52.1 Å². The third-order valence-corrected chi connectivity index (χ3v) is 3.89. The second-order valence-corrected chi connectivity index (χ2v) is 5.19. The maximum atomic E-state index is 11.7. The zero-order valence-corrected chi connectivity index (χ0v) is 11.7. The zero-order chi connectivity index (χ0) is 13.9. The van der Waals surface area contributed by atoms with Crippen molar-refractivity contribution in [2.45, 2.75) is 6.92 Å². The van der Waals surface area contributed by atoms with Crippen molar-refractivity contribution < 1.29 is 9.53 Å². The number of pyridine rings is 1. The van der Waals surface area contributed by atoms with Crippen LogP contribution in [-0.2, 0) is 4.74 Å². The van der Waals surface area contributed by atoms with E-state index in [0.29, 0.717) is 12.2 Å². The summed E-state index contributed by atoms with van der Waals surface area (Å²) in [5.41, 5.74) is 2.31. The van der Waals surface area contributed by atoms with Gasteiger partial charge in [-0.25, -0.2) is 9.78 Å². The fourth-order valence-electron chi connectivity index (χ4n) is 1.88. The molecule has 4 nitrogen and oxygen atoms in total. The number of thiazole rings is 1. The average Bonchev–Trinajstić information content (AvgIpc) is 2.91. The number of hydrogen-bond donors (Lipinski definition) is 0. The smallest absolute Gasteiger partial charge is 0.338 e. The van der Waals surface area contributed by atoms with E-state index in [9.17, 15) is 4.79 Å². The first-order chi connectivity index (χ1) is 9.78. The molecule has 0 aliphatic carbocycles. The third-order valence-electron chi connectivity index (χ3n) is 2.81. The van der Waals surface area contributed by atoms with Crippen molar-refractivity contribution in [3.63, 3.8) is 0 Å². The fraction of sp³-hybridized carbons (Fsp3) is 0.133. The number of hydrogen-bond acceptors (Lipinski definition) is 5. The number of esters is 1. The normalized spacial score (nSPS) is 10.7. The number of carbonyl (C=O) groups excluding carboxylic acids is 1. The van der Waals surface area contributed by atoms with E-state index < -0.39 is 0 Å².